The summed E-state index contributed by atoms with van der Waals surface area (Å²) in [6.07, 6.45) is -1.01. The molecule has 6 heteroatoms. The molecule has 2 amide bonds. The number of hydrogen-bond acceptors (Lipinski definition) is 5. The fourth-order valence-corrected chi connectivity index (χ4v) is 2.95. The van der Waals surface area contributed by atoms with Gasteiger partial charge in [0.05, 0.1) is 11.1 Å². The number of rotatable bonds is 4. The van der Waals surface area contributed by atoms with E-state index in [-0.39, 0.29) is 11.1 Å². The Hall–Kier alpha value is -3.67. The topological polar surface area (TPSA) is 72.9 Å². The maximum atomic E-state index is 12.4. The van der Waals surface area contributed by atoms with Crippen LogP contribution in [0.15, 0.2) is 66.7 Å². The van der Waals surface area contributed by atoms with Crippen LogP contribution in [0.1, 0.15) is 27.6 Å². The summed E-state index contributed by atoms with van der Waals surface area (Å²) in [7, 11) is 0. The lowest BCUT2D eigenvalue weighted by Crippen LogP contribution is -2.37. The van der Waals surface area contributed by atoms with Crippen LogP contribution in [0.5, 0.6) is 5.75 Å². The zero-order chi connectivity index (χ0) is 19.0. The van der Waals surface area contributed by atoms with Gasteiger partial charge in [0.25, 0.3) is 11.8 Å². The van der Waals surface area contributed by atoms with Crippen LogP contribution < -0.4 is 4.74 Å². The Morgan fingerprint density at radius 3 is 2.15 bits per heavy atom. The Labute approximate surface area is 154 Å². The predicted octanol–water partition coefficient (Wildman–Crippen LogP) is 3.36. The van der Waals surface area contributed by atoms with Crippen LogP contribution in [0.2, 0.25) is 0 Å². The molecule has 0 spiro atoms. The third kappa shape index (κ3) is 2.91. The Balaban J connectivity index is 1.50. The third-order valence-electron chi connectivity index (χ3n) is 4.32. The molecule has 3 aromatic rings. The number of ether oxygens (including phenoxy) is 1. The predicted molar refractivity (Wildman–Crippen MR) is 97.1 cm³/mol. The standard InChI is InChI=1S/C21H15NO5/c1-13(26-18-12-6-8-14-7-2-3-9-15(14)18)21(25)27-22-19(23)16-10-4-5-11-17(16)20(22)24/h2-13H,1H3. The summed E-state index contributed by atoms with van der Waals surface area (Å²) >= 11 is 0. The summed E-state index contributed by atoms with van der Waals surface area (Å²) in [5.41, 5.74) is 0.413. The Kier molecular flexibility index (Phi) is 4.08. The number of fused-ring (bicyclic) bond motifs is 2. The highest BCUT2D eigenvalue weighted by Gasteiger charge is 2.39. The van der Waals surface area contributed by atoms with Crippen LogP contribution >= 0.6 is 0 Å². The minimum atomic E-state index is -1.01. The van der Waals surface area contributed by atoms with Crippen molar-refractivity contribution in [2.45, 2.75) is 13.0 Å². The van der Waals surface area contributed by atoms with Crippen molar-refractivity contribution < 1.29 is 24.0 Å². The van der Waals surface area contributed by atoms with Crippen molar-refractivity contribution >= 4 is 28.6 Å². The van der Waals surface area contributed by atoms with E-state index in [1.165, 1.54) is 19.1 Å². The molecule has 0 saturated carbocycles. The van der Waals surface area contributed by atoms with Crippen molar-refractivity contribution in [1.29, 1.82) is 0 Å². The Bertz CT molecular complexity index is 1030. The van der Waals surface area contributed by atoms with Gasteiger partial charge in [0, 0.05) is 5.39 Å². The number of nitrogens with zero attached hydrogens (tertiary/aromatic N) is 1. The van der Waals surface area contributed by atoms with Crippen molar-refractivity contribution in [2.75, 3.05) is 0 Å². The van der Waals surface area contributed by atoms with Gasteiger partial charge in [-0.25, -0.2) is 4.79 Å². The van der Waals surface area contributed by atoms with Crippen LogP contribution in [-0.2, 0) is 9.63 Å². The summed E-state index contributed by atoms with van der Waals surface area (Å²) < 4.78 is 5.72. The summed E-state index contributed by atoms with van der Waals surface area (Å²) in [5.74, 6) is -1.65. The fourth-order valence-electron chi connectivity index (χ4n) is 2.95. The first kappa shape index (κ1) is 16.8. The van der Waals surface area contributed by atoms with E-state index < -0.39 is 23.9 Å². The number of carbonyl (C=O) groups excluding carboxylic acids is 3. The molecule has 134 valence electrons. The van der Waals surface area contributed by atoms with Crippen LogP contribution in [0.3, 0.4) is 0 Å². The maximum Gasteiger partial charge on any atom is 0.373 e. The van der Waals surface area contributed by atoms with Crippen molar-refractivity contribution in [1.82, 2.24) is 5.06 Å². The molecule has 1 atom stereocenters. The number of imide groups is 1. The summed E-state index contributed by atoms with van der Waals surface area (Å²) in [6.45, 7) is 1.50. The number of carbonyl (C=O) groups is 3. The highest BCUT2D eigenvalue weighted by atomic mass is 16.7. The van der Waals surface area contributed by atoms with Crippen LogP contribution in [0, 0.1) is 0 Å². The lowest BCUT2D eigenvalue weighted by atomic mass is 10.1. The molecule has 1 unspecified atom stereocenters. The minimum absolute atomic E-state index is 0.206. The molecule has 0 N–H and O–H groups in total. The molecule has 0 aliphatic carbocycles. The van der Waals surface area contributed by atoms with Gasteiger partial charge in [-0.2, -0.15) is 0 Å². The van der Waals surface area contributed by atoms with Crippen molar-refractivity contribution in [3.63, 3.8) is 0 Å². The Morgan fingerprint density at radius 2 is 1.44 bits per heavy atom. The number of hydrogen-bond donors (Lipinski definition) is 0. The minimum Gasteiger partial charge on any atom is -0.478 e. The molecule has 1 aliphatic rings. The van der Waals surface area contributed by atoms with Gasteiger partial charge in [0.2, 0.25) is 0 Å². The smallest absolute Gasteiger partial charge is 0.373 e. The molecular weight excluding hydrogens is 346 g/mol. The van der Waals surface area contributed by atoms with E-state index in [0.717, 1.165) is 10.8 Å². The van der Waals surface area contributed by atoms with Gasteiger partial charge in [0.1, 0.15) is 5.75 Å². The van der Waals surface area contributed by atoms with Crippen molar-refractivity contribution in [2.24, 2.45) is 0 Å². The quantitative estimate of drug-likeness (QED) is 0.666. The molecular formula is C21H15NO5. The van der Waals surface area contributed by atoms with E-state index in [9.17, 15) is 14.4 Å². The normalized spacial score (nSPS) is 14.2. The molecule has 3 aromatic carbocycles. The van der Waals surface area contributed by atoms with Gasteiger partial charge >= 0.3 is 5.97 Å². The summed E-state index contributed by atoms with van der Waals surface area (Å²) in [5, 5.41) is 2.30. The van der Waals surface area contributed by atoms with E-state index in [2.05, 4.69) is 0 Å². The van der Waals surface area contributed by atoms with Crippen LogP contribution in [0.25, 0.3) is 10.8 Å². The molecule has 1 aliphatic heterocycles. The second-order valence-corrected chi connectivity index (χ2v) is 6.10. The molecule has 6 nitrogen and oxygen atoms in total. The van der Waals surface area contributed by atoms with E-state index in [1.54, 1.807) is 18.2 Å². The first-order valence-corrected chi connectivity index (χ1v) is 8.40. The number of benzene rings is 3. The summed E-state index contributed by atoms with van der Waals surface area (Å²) in [6, 6.07) is 19.4. The number of amides is 2. The van der Waals surface area contributed by atoms with Crippen molar-refractivity contribution in [3.8, 4) is 5.75 Å². The Morgan fingerprint density at radius 1 is 0.852 bits per heavy atom. The zero-order valence-electron chi connectivity index (χ0n) is 14.4. The first-order chi connectivity index (χ1) is 13.1. The highest BCUT2D eigenvalue weighted by Crippen LogP contribution is 2.27. The SMILES string of the molecule is CC(Oc1cccc2ccccc12)C(=O)ON1C(=O)c2ccccc2C1=O. The third-order valence-corrected chi connectivity index (χ3v) is 4.32. The molecule has 0 aromatic heterocycles. The van der Waals surface area contributed by atoms with E-state index in [1.807, 2.05) is 36.4 Å². The average molecular weight is 361 g/mol. The van der Waals surface area contributed by atoms with Gasteiger partial charge in [-0.05, 0) is 30.5 Å². The lowest BCUT2D eigenvalue weighted by Gasteiger charge is -2.18. The van der Waals surface area contributed by atoms with Gasteiger partial charge in [-0.1, -0.05) is 53.6 Å². The van der Waals surface area contributed by atoms with Crippen LogP contribution in [0.4, 0.5) is 0 Å². The largest absolute Gasteiger partial charge is 0.478 e. The van der Waals surface area contributed by atoms with Crippen LogP contribution in [-0.4, -0.2) is 29.0 Å². The van der Waals surface area contributed by atoms with E-state index in [4.69, 9.17) is 9.57 Å². The number of hydroxylamine groups is 2. The molecule has 4 rings (SSSR count). The van der Waals surface area contributed by atoms with Gasteiger partial charge in [-0.3, -0.25) is 9.59 Å². The average Bonchev–Trinajstić information content (AvgIpc) is 2.93. The molecule has 27 heavy (non-hydrogen) atoms. The lowest BCUT2D eigenvalue weighted by molar-refractivity contribution is -0.176. The molecule has 0 radical (unpaired) electrons. The molecule has 0 bridgehead atoms. The second kappa shape index (κ2) is 6.57. The monoisotopic (exact) mass is 361 g/mol. The van der Waals surface area contributed by atoms with Gasteiger partial charge in [-0.15, -0.1) is 0 Å². The zero-order valence-corrected chi connectivity index (χ0v) is 14.4. The fraction of sp³-hybridized carbons (Fsp3) is 0.0952. The molecule has 0 saturated heterocycles. The molecule has 1 heterocycles. The summed E-state index contributed by atoms with van der Waals surface area (Å²) in [4.78, 5) is 42.0. The van der Waals surface area contributed by atoms with E-state index >= 15 is 0 Å². The highest BCUT2D eigenvalue weighted by molar-refractivity contribution is 6.20. The maximum absolute atomic E-state index is 12.4. The van der Waals surface area contributed by atoms with Crippen molar-refractivity contribution in [3.05, 3.63) is 77.9 Å². The second-order valence-electron chi connectivity index (χ2n) is 6.10. The van der Waals surface area contributed by atoms with Gasteiger partial charge in [0.15, 0.2) is 6.10 Å². The van der Waals surface area contributed by atoms with Gasteiger partial charge < -0.3 is 9.57 Å². The molecule has 0 fully saturated rings. The van der Waals surface area contributed by atoms with E-state index in [0.29, 0.717) is 10.8 Å². The first-order valence-electron chi connectivity index (χ1n) is 8.40.